The third kappa shape index (κ3) is 3.42. The summed E-state index contributed by atoms with van der Waals surface area (Å²) in [4.78, 5) is 10.1. The summed E-state index contributed by atoms with van der Waals surface area (Å²) in [5, 5.41) is 10.5. The molecule has 0 radical (unpaired) electrons. The molecule has 0 spiro atoms. The summed E-state index contributed by atoms with van der Waals surface area (Å²) in [6.07, 6.45) is 1.68. The van der Waals surface area contributed by atoms with E-state index in [0.717, 1.165) is 22.0 Å². The van der Waals surface area contributed by atoms with Crippen LogP contribution in [-0.4, -0.2) is 11.0 Å². The summed E-state index contributed by atoms with van der Waals surface area (Å²) in [7, 11) is 0. The number of benzene rings is 1. The Hall–Kier alpha value is -0.690. The van der Waals surface area contributed by atoms with Crippen LogP contribution in [-0.2, 0) is 6.42 Å². The topological polar surface area (TPSA) is 69.2 Å². The number of nitro groups is 1. The highest BCUT2D eigenvalue weighted by atomic mass is 127. The molecule has 0 saturated heterocycles. The van der Waals surface area contributed by atoms with Gasteiger partial charge in [0, 0.05) is 21.7 Å². The van der Waals surface area contributed by atoms with Crippen molar-refractivity contribution in [1.29, 1.82) is 0 Å². The van der Waals surface area contributed by atoms with Gasteiger partial charge in [-0.3, -0.25) is 10.1 Å². The number of nitrogens with two attached hydrogens (primary N) is 1. The number of nitro benzene ring substituents is 1. The van der Waals surface area contributed by atoms with E-state index in [9.17, 15) is 10.1 Å². The predicted octanol–water partition coefficient (Wildman–Crippen LogP) is 2.48. The van der Waals surface area contributed by atoms with Gasteiger partial charge in [-0.1, -0.05) is 13.0 Å². The molecule has 0 saturated carbocycles. The molecule has 0 aliphatic heterocycles. The van der Waals surface area contributed by atoms with Gasteiger partial charge in [-0.05, 0) is 41.0 Å². The predicted molar refractivity (Wildman–Crippen MR) is 67.8 cm³/mol. The van der Waals surface area contributed by atoms with Crippen molar-refractivity contribution in [2.24, 2.45) is 5.73 Å². The van der Waals surface area contributed by atoms with Crippen molar-refractivity contribution in [3.05, 3.63) is 37.4 Å². The van der Waals surface area contributed by atoms with Crippen LogP contribution >= 0.6 is 22.6 Å². The first-order chi connectivity index (χ1) is 7.04. The smallest absolute Gasteiger partial charge is 0.270 e. The fourth-order valence-electron chi connectivity index (χ4n) is 1.24. The quantitative estimate of drug-likeness (QED) is 0.526. The summed E-state index contributed by atoms with van der Waals surface area (Å²) < 4.78 is 0.908. The molecule has 0 aliphatic rings. The van der Waals surface area contributed by atoms with Gasteiger partial charge >= 0.3 is 0 Å². The van der Waals surface area contributed by atoms with Crippen molar-refractivity contribution in [3.8, 4) is 0 Å². The van der Waals surface area contributed by atoms with E-state index >= 15 is 0 Å². The normalized spacial score (nSPS) is 12.5. The lowest BCUT2D eigenvalue weighted by atomic mass is 10.0. The van der Waals surface area contributed by atoms with Crippen LogP contribution in [0.3, 0.4) is 0 Å². The average Bonchev–Trinajstić information content (AvgIpc) is 2.20. The zero-order valence-electron chi connectivity index (χ0n) is 8.44. The minimum atomic E-state index is -0.383. The Morgan fingerprint density at radius 3 is 2.73 bits per heavy atom. The molecular weight excluding hydrogens is 307 g/mol. The molecule has 0 heterocycles. The largest absolute Gasteiger partial charge is 0.327 e. The van der Waals surface area contributed by atoms with Crippen LogP contribution < -0.4 is 5.73 Å². The molecule has 0 aromatic heterocycles. The van der Waals surface area contributed by atoms with E-state index in [1.807, 2.05) is 6.92 Å². The molecule has 2 N–H and O–H groups in total. The van der Waals surface area contributed by atoms with Crippen LogP contribution in [0.4, 0.5) is 5.69 Å². The first kappa shape index (κ1) is 12.4. The van der Waals surface area contributed by atoms with E-state index in [1.165, 1.54) is 6.07 Å². The summed E-state index contributed by atoms with van der Waals surface area (Å²) >= 11 is 2.11. The Bertz CT molecular complexity index is 368. The minimum Gasteiger partial charge on any atom is -0.327 e. The Morgan fingerprint density at radius 1 is 1.60 bits per heavy atom. The van der Waals surface area contributed by atoms with Crippen molar-refractivity contribution in [2.45, 2.75) is 25.8 Å². The van der Waals surface area contributed by atoms with Crippen LogP contribution in [0.25, 0.3) is 0 Å². The summed E-state index contributed by atoms with van der Waals surface area (Å²) in [5.41, 5.74) is 7.05. The van der Waals surface area contributed by atoms with E-state index in [2.05, 4.69) is 22.6 Å². The van der Waals surface area contributed by atoms with Crippen molar-refractivity contribution in [1.82, 2.24) is 0 Å². The minimum absolute atomic E-state index is 0.125. The molecule has 0 aliphatic carbocycles. The lowest BCUT2D eigenvalue weighted by molar-refractivity contribution is -0.385. The standard InChI is InChI=1S/C10H13IN2O2/c1-2-8(12)5-7-3-4-9(13(14)15)6-10(7)11/h3-4,6,8H,2,5,12H2,1H3. The van der Waals surface area contributed by atoms with Gasteiger partial charge in [-0.25, -0.2) is 0 Å². The summed E-state index contributed by atoms with van der Waals surface area (Å²) in [6.45, 7) is 2.03. The Labute approximate surface area is 102 Å². The molecule has 0 amide bonds. The zero-order valence-corrected chi connectivity index (χ0v) is 10.6. The van der Waals surface area contributed by atoms with E-state index < -0.39 is 0 Å². The van der Waals surface area contributed by atoms with Gasteiger partial charge in [0.25, 0.3) is 5.69 Å². The third-order valence-electron chi connectivity index (χ3n) is 2.25. The molecule has 1 unspecified atom stereocenters. The van der Waals surface area contributed by atoms with Gasteiger partial charge < -0.3 is 5.73 Å². The summed E-state index contributed by atoms with van der Waals surface area (Å²) in [5.74, 6) is 0. The Balaban J connectivity index is 2.88. The molecule has 0 fully saturated rings. The maximum absolute atomic E-state index is 10.5. The Kier molecular flexibility index (Phi) is 4.46. The average molecular weight is 320 g/mol. The second-order valence-electron chi connectivity index (χ2n) is 3.41. The second-order valence-corrected chi connectivity index (χ2v) is 4.57. The first-order valence-electron chi connectivity index (χ1n) is 4.73. The number of hydrogen-bond donors (Lipinski definition) is 1. The molecule has 1 aromatic carbocycles. The van der Waals surface area contributed by atoms with Gasteiger partial charge in [0.1, 0.15) is 0 Å². The zero-order chi connectivity index (χ0) is 11.4. The van der Waals surface area contributed by atoms with Crippen LogP contribution in [0.5, 0.6) is 0 Å². The number of hydrogen-bond acceptors (Lipinski definition) is 3. The second kappa shape index (κ2) is 5.41. The van der Waals surface area contributed by atoms with Crippen LogP contribution in [0.2, 0.25) is 0 Å². The SMILES string of the molecule is CCC(N)Cc1ccc([N+](=O)[O-])cc1I. The molecule has 5 heteroatoms. The number of rotatable bonds is 4. The first-order valence-corrected chi connectivity index (χ1v) is 5.81. The highest BCUT2D eigenvalue weighted by molar-refractivity contribution is 14.1. The van der Waals surface area contributed by atoms with Gasteiger partial charge in [0.2, 0.25) is 0 Å². The van der Waals surface area contributed by atoms with E-state index in [-0.39, 0.29) is 16.7 Å². The van der Waals surface area contributed by atoms with Crippen molar-refractivity contribution in [3.63, 3.8) is 0 Å². The lowest BCUT2D eigenvalue weighted by Gasteiger charge is -2.09. The van der Waals surface area contributed by atoms with Crippen LogP contribution in [0.15, 0.2) is 18.2 Å². The highest BCUT2D eigenvalue weighted by Gasteiger charge is 2.10. The van der Waals surface area contributed by atoms with Gasteiger partial charge in [-0.2, -0.15) is 0 Å². The molecular formula is C10H13IN2O2. The van der Waals surface area contributed by atoms with E-state index in [4.69, 9.17) is 5.73 Å². The van der Waals surface area contributed by atoms with Crippen LogP contribution in [0.1, 0.15) is 18.9 Å². The third-order valence-corrected chi connectivity index (χ3v) is 3.26. The van der Waals surface area contributed by atoms with Gasteiger partial charge in [-0.15, -0.1) is 0 Å². The highest BCUT2D eigenvalue weighted by Crippen LogP contribution is 2.20. The van der Waals surface area contributed by atoms with Gasteiger partial charge in [0.05, 0.1) is 4.92 Å². The molecule has 4 nitrogen and oxygen atoms in total. The lowest BCUT2D eigenvalue weighted by Crippen LogP contribution is -2.21. The molecule has 1 rings (SSSR count). The molecule has 1 aromatic rings. The molecule has 82 valence electrons. The Morgan fingerprint density at radius 2 is 2.27 bits per heavy atom. The number of non-ortho nitro benzene ring substituents is 1. The van der Waals surface area contributed by atoms with Crippen molar-refractivity contribution < 1.29 is 4.92 Å². The number of nitrogens with zero attached hydrogens (tertiary/aromatic N) is 1. The van der Waals surface area contributed by atoms with Crippen molar-refractivity contribution in [2.75, 3.05) is 0 Å². The monoisotopic (exact) mass is 320 g/mol. The van der Waals surface area contributed by atoms with Gasteiger partial charge in [0.15, 0.2) is 0 Å². The molecule has 0 bridgehead atoms. The fourth-order valence-corrected chi connectivity index (χ4v) is 1.96. The molecule has 1 atom stereocenters. The fraction of sp³-hybridized carbons (Fsp3) is 0.400. The molecule has 15 heavy (non-hydrogen) atoms. The van der Waals surface area contributed by atoms with E-state index in [0.29, 0.717) is 0 Å². The maximum atomic E-state index is 10.5. The van der Waals surface area contributed by atoms with Crippen molar-refractivity contribution >= 4 is 28.3 Å². The number of halogens is 1. The summed E-state index contributed by atoms with van der Waals surface area (Å²) in [6, 6.07) is 5.02. The maximum Gasteiger partial charge on any atom is 0.270 e. The van der Waals surface area contributed by atoms with Crippen LogP contribution in [0, 0.1) is 13.7 Å². The van der Waals surface area contributed by atoms with E-state index in [1.54, 1.807) is 12.1 Å².